The van der Waals surface area contributed by atoms with Gasteiger partial charge in [-0.25, -0.2) is 0 Å². The minimum Gasteiger partial charge on any atom is -0.374 e. The molecule has 0 radical (unpaired) electrons. The lowest BCUT2D eigenvalue weighted by Gasteiger charge is -2.25. The van der Waals surface area contributed by atoms with Gasteiger partial charge in [0.2, 0.25) is 0 Å². The third-order valence-electron chi connectivity index (χ3n) is 4.24. The van der Waals surface area contributed by atoms with Crippen molar-refractivity contribution >= 4 is 5.57 Å². The number of allylic oxidation sites excluding steroid dienone is 1. The molecule has 108 valence electrons. The molecule has 1 heterocycles. The molecule has 0 unspecified atom stereocenters. The molecule has 0 N–H and O–H groups in total. The van der Waals surface area contributed by atoms with Gasteiger partial charge < -0.3 is 4.90 Å². The maximum Gasteiger partial charge on any atom is 0.0215 e. The van der Waals surface area contributed by atoms with E-state index in [1.807, 2.05) is 0 Å². The molecule has 3 rings (SSSR count). The zero-order chi connectivity index (χ0) is 14.5. The Bertz CT molecular complexity index is 551. The SMILES string of the molecule is CCC(=C(c1ccccc1)c1ccccc1)N1CCCC1. The molecule has 1 aliphatic heterocycles. The van der Waals surface area contributed by atoms with Crippen molar-refractivity contribution in [3.63, 3.8) is 0 Å². The van der Waals surface area contributed by atoms with Gasteiger partial charge in [-0.05, 0) is 30.4 Å². The highest BCUT2D eigenvalue weighted by molar-refractivity contribution is 5.81. The van der Waals surface area contributed by atoms with Crippen molar-refractivity contribution in [2.75, 3.05) is 13.1 Å². The maximum absolute atomic E-state index is 2.58. The topological polar surface area (TPSA) is 3.24 Å². The van der Waals surface area contributed by atoms with Crippen LogP contribution in [0.25, 0.3) is 5.57 Å². The van der Waals surface area contributed by atoms with Crippen molar-refractivity contribution < 1.29 is 0 Å². The molecular weight excluding hydrogens is 254 g/mol. The summed E-state index contributed by atoms with van der Waals surface area (Å²) in [5.74, 6) is 0. The predicted octanol–water partition coefficient (Wildman–Crippen LogP) is 4.95. The fraction of sp³-hybridized carbons (Fsp3) is 0.300. The van der Waals surface area contributed by atoms with Crippen molar-refractivity contribution in [2.24, 2.45) is 0 Å². The van der Waals surface area contributed by atoms with Crippen molar-refractivity contribution in [2.45, 2.75) is 26.2 Å². The summed E-state index contributed by atoms with van der Waals surface area (Å²) in [6.07, 6.45) is 3.72. The minimum absolute atomic E-state index is 1.08. The van der Waals surface area contributed by atoms with E-state index in [1.54, 1.807) is 0 Å². The molecule has 1 heteroatoms. The molecule has 0 bridgehead atoms. The highest BCUT2D eigenvalue weighted by Gasteiger charge is 2.19. The number of hydrogen-bond donors (Lipinski definition) is 0. The van der Waals surface area contributed by atoms with Crippen LogP contribution in [0.1, 0.15) is 37.3 Å². The van der Waals surface area contributed by atoms with E-state index in [0.29, 0.717) is 0 Å². The van der Waals surface area contributed by atoms with Crippen LogP contribution in [0.4, 0.5) is 0 Å². The van der Waals surface area contributed by atoms with E-state index in [4.69, 9.17) is 0 Å². The highest BCUT2D eigenvalue weighted by atomic mass is 15.1. The predicted molar refractivity (Wildman–Crippen MR) is 90.0 cm³/mol. The van der Waals surface area contributed by atoms with Crippen LogP contribution in [0.15, 0.2) is 66.4 Å². The zero-order valence-corrected chi connectivity index (χ0v) is 12.8. The second kappa shape index (κ2) is 6.62. The van der Waals surface area contributed by atoms with Gasteiger partial charge in [0, 0.05) is 24.4 Å². The highest BCUT2D eigenvalue weighted by Crippen LogP contribution is 2.31. The van der Waals surface area contributed by atoms with Crippen LogP contribution in [0, 0.1) is 0 Å². The van der Waals surface area contributed by atoms with Crippen molar-refractivity contribution in [1.82, 2.24) is 4.90 Å². The molecule has 1 fully saturated rings. The van der Waals surface area contributed by atoms with E-state index in [1.165, 1.54) is 48.3 Å². The summed E-state index contributed by atoms with van der Waals surface area (Å²) >= 11 is 0. The van der Waals surface area contributed by atoms with Gasteiger partial charge in [0.25, 0.3) is 0 Å². The quantitative estimate of drug-likeness (QED) is 0.764. The number of rotatable bonds is 4. The largest absolute Gasteiger partial charge is 0.374 e. The Labute approximate surface area is 127 Å². The first-order chi connectivity index (χ1) is 10.4. The smallest absolute Gasteiger partial charge is 0.0215 e. The first-order valence-corrected chi connectivity index (χ1v) is 7.99. The molecule has 2 aromatic rings. The van der Waals surface area contributed by atoms with Gasteiger partial charge in [-0.1, -0.05) is 67.6 Å². The monoisotopic (exact) mass is 277 g/mol. The third kappa shape index (κ3) is 3.02. The Hall–Kier alpha value is -2.02. The van der Waals surface area contributed by atoms with Crippen molar-refractivity contribution in [1.29, 1.82) is 0 Å². The summed E-state index contributed by atoms with van der Waals surface area (Å²) < 4.78 is 0. The molecule has 1 aliphatic rings. The van der Waals surface area contributed by atoms with Crippen LogP contribution in [0.2, 0.25) is 0 Å². The lowest BCUT2D eigenvalue weighted by molar-refractivity contribution is 0.416. The summed E-state index contributed by atoms with van der Waals surface area (Å²) in [7, 11) is 0. The van der Waals surface area contributed by atoms with Gasteiger partial charge in [0.1, 0.15) is 0 Å². The second-order valence-corrected chi connectivity index (χ2v) is 5.60. The van der Waals surface area contributed by atoms with Gasteiger partial charge >= 0.3 is 0 Å². The van der Waals surface area contributed by atoms with Crippen LogP contribution in [-0.2, 0) is 0 Å². The second-order valence-electron chi connectivity index (χ2n) is 5.60. The molecule has 2 aromatic carbocycles. The van der Waals surface area contributed by atoms with Crippen LogP contribution in [0.5, 0.6) is 0 Å². The number of hydrogen-bond acceptors (Lipinski definition) is 1. The Morgan fingerprint density at radius 3 is 1.71 bits per heavy atom. The summed E-state index contributed by atoms with van der Waals surface area (Å²) in [6.45, 7) is 4.68. The molecule has 0 atom stereocenters. The van der Waals surface area contributed by atoms with E-state index < -0.39 is 0 Å². The van der Waals surface area contributed by atoms with E-state index in [2.05, 4.69) is 72.5 Å². The fourth-order valence-corrected chi connectivity index (χ4v) is 3.26. The lowest BCUT2D eigenvalue weighted by Crippen LogP contribution is -2.20. The Balaban J connectivity index is 2.15. The van der Waals surface area contributed by atoms with E-state index in [-0.39, 0.29) is 0 Å². The maximum atomic E-state index is 2.58. The van der Waals surface area contributed by atoms with Gasteiger partial charge in [0.05, 0.1) is 0 Å². The summed E-state index contributed by atoms with van der Waals surface area (Å²) in [5.41, 5.74) is 5.55. The number of nitrogens with zero attached hydrogens (tertiary/aromatic N) is 1. The molecule has 21 heavy (non-hydrogen) atoms. The van der Waals surface area contributed by atoms with Crippen LogP contribution in [0.3, 0.4) is 0 Å². The molecular formula is C20H23N. The standard InChI is InChI=1S/C20H23N/c1-2-19(21-15-9-10-16-21)20(17-11-5-3-6-12-17)18-13-7-4-8-14-18/h3-8,11-14H,2,9-10,15-16H2,1H3. The molecule has 1 saturated heterocycles. The third-order valence-corrected chi connectivity index (χ3v) is 4.24. The minimum atomic E-state index is 1.08. The first kappa shape index (κ1) is 13.9. The van der Waals surface area contributed by atoms with E-state index in [9.17, 15) is 0 Å². The molecule has 1 nitrogen and oxygen atoms in total. The van der Waals surface area contributed by atoms with Crippen molar-refractivity contribution in [3.05, 3.63) is 77.5 Å². The van der Waals surface area contributed by atoms with Gasteiger partial charge in [-0.15, -0.1) is 0 Å². The Morgan fingerprint density at radius 1 is 0.810 bits per heavy atom. The first-order valence-electron chi connectivity index (χ1n) is 7.99. The Morgan fingerprint density at radius 2 is 1.29 bits per heavy atom. The van der Waals surface area contributed by atoms with E-state index >= 15 is 0 Å². The van der Waals surface area contributed by atoms with Gasteiger partial charge in [0.15, 0.2) is 0 Å². The number of likely N-dealkylation sites (tertiary alicyclic amines) is 1. The van der Waals surface area contributed by atoms with E-state index in [0.717, 1.165) is 6.42 Å². The molecule has 0 amide bonds. The lowest BCUT2D eigenvalue weighted by atomic mass is 9.94. The van der Waals surface area contributed by atoms with Crippen LogP contribution < -0.4 is 0 Å². The molecule has 0 aliphatic carbocycles. The Kier molecular flexibility index (Phi) is 4.40. The molecule has 0 spiro atoms. The zero-order valence-electron chi connectivity index (χ0n) is 12.8. The fourth-order valence-electron chi connectivity index (χ4n) is 3.26. The van der Waals surface area contributed by atoms with Crippen LogP contribution >= 0.6 is 0 Å². The summed E-state index contributed by atoms with van der Waals surface area (Å²) in [6, 6.07) is 21.6. The average molecular weight is 277 g/mol. The van der Waals surface area contributed by atoms with Gasteiger partial charge in [-0.2, -0.15) is 0 Å². The summed E-state index contributed by atoms with van der Waals surface area (Å²) in [5, 5.41) is 0. The van der Waals surface area contributed by atoms with Gasteiger partial charge in [-0.3, -0.25) is 0 Å². The normalized spacial score (nSPS) is 14.2. The van der Waals surface area contributed by atoms with Crippen LogP contribution in [-0.4, -0.2) is 18.0 Å². The number of benzene rings is 2. The molecule has 0 saturated carbocycles. The average Bonchev–Trinajstić information content (AvgIpc) is 3.08. The van der Waals surface area contributed by atoms with Crippen molar-refractivity contribution in [3.8, 4) is 0 Å². The molecule has 0 aromatic heterocycles. The summed E-state index contributed by atoms with van der Waals surface area (Å²) in [4.78, 5) is 2.58.